The van der Waals surface area contributed by atoms with Gasteiger partial charge in [-0.25, -0.2) is 0 Å². The highest BCUT2D eigenvalue weighted by Gasteiger charge is 2.04. The first-order chi connectivity index (χ1) is 9.10. The Hall–Kier alpha value is -2.07. The molecule has 0 aliphatic rings. The number of aromatic hydroxyl groups is 2. The van der Waals surface area contributed by atoms with Crippen LogP contribution in [0.2, 0.25) is 5.02 Å². The molecule has 4 nitrogen and oxygen atoms in total. The minimum atomic E-state index is 0.0359. The van der Waals surface area contributed by atoms with Crippen molar-refractivity contribution in [1.82, 2.24) is 0 Å². The molecule has 100 valence electrons. The molecule has 5 heteroatoms. The Kier molecular flexibility index (Phi) is 4.02. The van der Waals surface area contributed by atoms with Crippen molar-refractivity contribution in [2.24, 2.45) is 0 Å². The Morgan fingerprint density at radius 2 is 1.95 bits per heavy atom. The van der Waals surface area contributed by atoms with Gasteiger partial charge in [0.05, 0.1) is 12.1 Å². The van der Waals surface area contributed by atoms with Crippen LogP contribution >= 0.6 is 11.6 Å². The van der Waals surface area contributed by atoms with Gasteiger partial charge >= 0.3 is 0 Å². The maximum atomic E-state index is 9.66. The number of hydrogen-bond acceptors (Lipinski definition) is 4. The maximum Gasteiger partial charge on any atom is 0.137 e. The van der Waals surface area contributed by atoms with Gasteiger partial charge in [0, 0.05) is 23.9 Å². The quantitative estimate of drug-likeness (QED) is 0.803. The summed E-state index contributed by atoms with van der Waals surface area (Å²) in [5.41, 5.74) is 1.50. The predicted octanol–water partition coefficient (Wildman–Crippen LogP) is 3.37. The largest absolute Gasteiger partial charge is 0.508 e. The molecule has 0 saturated carbocycles. The van der Waals surface area contributed by atoms with E-state index < -0.39 is 0 Å². The Morgan fingerprint density at radius 3 is 2.58 bits per heavy atom. The number of ether oxygens (including phenoxy) is 1. The van der Waals surface area contributed by atoms with E-state index in [0.717, 1.165) is 5.69 Å². The summed E-state index contributed by atoms with van der Waals surface area (Å²) in [6, 6.07) is 9.83. The zero-order valence-electron chi connectivity index (χ0n) is 10.4. The molecule has 0 radical (unpaired) electrons. The fraction of sp³-hybridized carbons (Fsp3) is 0.143. The molecule has 0 saturated heterocycles. The molecular formula is C14H14ClNO3. The summed E-state index contributed by atoms with van der Waals surface area (Å²) in [6.45, 7) is 0.425. The van der Waals surface area contributed by atoms with Gasteiger partial charge in [-0.15, -0.1) is 0 Å². The van der Waals surface area contributed by atoms with Gasteiger partial charge in [-0.3, -0.25) is 0 Å². The summed E-state index contributed by atoms with van der Waals surface area (Å²) in [5, 5.41) is 22.5. The topological polar surface area (TPSA) is 61.7 Å². The van der Waals surface area contributed by atoms with Crippen LogP contribution in [0.3, 0.4) is 0 Å². The van der Waals surface area contributed by atoms with Crippen LogP contribution in [0.5, 0.6) is 17.2 Å². The first kappa shape index (κ1) is 13.4. The smallest absolute Gasteiger partial charge is 0.137 e. The lowest BCUT2D eigenvalue weighted by Crippen LogP contribution is -1.99. The molecule has 2 aromatic carbocycles. The molecule has 2 rings (SSSR count). The molecule has 0 spiro atoms. The van der Waals surface area contributed by atoms with Gasteiger partial charge < -0.3 is 20.3 Å². The molecule has 3 N–H and O–H groups in total. The molecule has 0 aliphatic carbocycles. The molecule has 2 aromatic rings. The van der Waals surface area contributed by atoms with Crippen molar-refractivity contribution in [2.45, 2.75) is 6.54 Å². The number of halogens is 1. The summed E-state index contributed by atoms with van der Waals surface area (Å²) in [5.74, 6) is 0.695. The van der Waals surface area contributed by atoms with Crippen molar-refractivity contribution in [1.29, 1.82) is 0 Å². The van der Waals surface area contributed by atoms with Gasteiger partial charge in [0.2, 0.25) is 0 Å². The SMILES string of the molecule is COc1ccc(NCc2ccc(O)cc2O)cc1Cl. The number of nitrogens with one attached hydrogen (secondary N) is 1. The first-order valence-corrected chi connectivity index (χ1v) is 6.06. The molecule has 0 heterocycles. The zero-order chi connectivity index (χ0) is 13.8. The molecule has 0 bridgehead atoms. The normalized spacial score (nSPS) is 10.2. The Bertz CT molecular complexity index is 587. The fourth-order valence-corrected chi connectivity index (χ4v) is 1.93. The summed E-state index contributed by atoms with van der Waals surface area (Å²) < 4.78 is 5.07. The number of benzene rings is 2. The van der Waals surface area contributed by atoms with Gasteiger partial charge in [-0.05, 0) is 30.3 Å². The highest BCUT2D eigenvalue weighted by atomic mass is 35.5. The van der Waals surface area contributed by atoms with E-state index in [4.69, 9.17) is 16.3 Å². The molecule has 0 amide bonds. The molecule has 0 fully saturated rings. The zero-order valence-corrected chi connectivity index (χ0v) is 11.1. The van der Waals surface area contributed by atoms with Crippen LogP contribution in [0.4, 0.5) is 5.69 Å². The van der Waals surface area contributed by atoms with E-state index in [1.165, 1.54) is 12.1 Å². The molecule has 0 aliphatic heterocycles. The predicted molar refractivity (Wildman–Crippen MR) is 75.1 cm³/mol. The standard InChI is InChI=1S/C14H14ClNO3/c1-19-14-5-3-10(6-12(14)15)16-8-9-2-4-11(17)7-13(9)18/h2-7,16-18H,8H2,1H3. The number of methoxy groups -OCH3 is 1. The lowest BCUT2D eigenvalue weighted by atomic mass is 10.2. The molecular weight excluding hydrogens is 266 g/mol. The van der Waals surface area contributed by atoms with E-state index in [2.05, 4.69) is 5.32 Å². The van der Waals surface area contributed by atoms with Gasteiger partial charge in [0.1, 0.15) is 17.2 Å². The highest BCUT2D eigenvalue weighted by molar-refractivity contribution is 6.32. The highest BCUT2D eigenvalue weighted by Crippen LogP contribution is 2.28. The molecule has 0 atom stereocenters. The Morgan fingerprint density at radius 1 is 1.16 bits per heavy atom. The molecule has 0 aromatic heterocycles. The van der Waals surface area contributed by atoms with Crippen LogP contribution < -0.4 is 10.1 Å². The monoisotopic (exact) mass is 279 g/mol. The average Bonchev–Trinajstić information content (AvgIpc) is 2.38. The lowest BCUT2D eigenvalue weighted by Gasteiger charge is -2.10. The van der Waals surface area contributed by atoms with Crippen molar-refractivity contribution in [3.63, 3.8) is 0 Å². The van der Waals surface area contributed by atoms with E-state index in [1.807, 2.05) is 6.07 Å². The fourth-order valence-electron chi connectivity index (χ4n) is 1.68. The first-order valence-electron chi connectivity index (χ1n) is 5.68. The minimum Gasteiger partial charge on any atom is -0.508 e. The second-order valence-corrected chi connectivity index (χ2v) is 4.42. The van der Waals surface area contributed by atoms with Crippen molar-refractivity contribution in [2.75, 3.05) is 12.4 Å². The van der Waals surface area contributed by atoms with E-state index in [9.17, 15) is 10.2 Å². The van der Waals surface area contributed by atoms with Gasteiger partial charge in [-0.2, -0.15) is 0 Å². The van der Waals surface area contributed by atoms with E-state index >= 15 is 0 Å². The summed E-state index contributed by atoms with van der Waals surface area (Å²) >= 11 is 6.02. The number of rotatable bonds is 4. The number of phenolic OH excluding ortho intramolecular Hbond substituents is 2. The lowest BCUT2D eigenvalue weighted by molar-refractivity contribution is 0.415. The van der Waals surface area contributed by atoms with Crippen molar-refractivity contribution >= 4 is 17.3 Å². The number of hydrogen-bond donors (Lipinski definition) is 3. The Labute approximate surface area is 116 Å². The van der Waals surface area contributed by atoms with Crippen LogP contribution in [0.25, 0.3) is 0 Å². The minimum absolute atomic E-state index is 0.0359. The third kappa shape index (κ3) is 3.23. The van der Waals surface area contributed by atoms with E-state index in [-0.39, 0.29) is 11.5 Å². The van der Waals surface area contributed by atoms with Crippen LogP contribution in [0, 0.1) is 0 Å². The van der Waals surface area contributed by atoms with E-state index in [0.29, 0.717) is 22.9 Å². The molecule has 0 unspecified atom stereocenters. The Balaban J connectivity index is 2.08. The summed E-state index contributed by atoms with van der Waals surface area (Å²) in [6.07, 6.45) is 0. The van der Waals surface area contributed by atoms with Crippen LogP contribution in [-0.2, 0) is 6.54 Å². The van der Waals surface area contributed by atoms with Crippen LogP contribution in [-0.4, -0.2) is 17.3 Å². The second-order valence-electron chi connectivity index (χ2n) is 4.02. The second kappa shape index (κ2) is 5.71. The average molecular weight is 280 g/mol. The number of phenols is 2. The summed E-state index contributed by atoms with van der Waals surface area (Å²) in [7, 11) is 1.56. The van der Waals surface area contributed by atoms with Crippen molar-refractivity contribution in [3.05, 3.63) is 47.0 Å². The van der Waals surface area contributed by atoms with Crippen LogP contribution in [0.15, 0.2) is 36.4 Å². The van der Waals surface area contributed by atoms with Gasteiger partial charge in [0.15, 0.2) is 0 Å². The third-order valence-electron chi connectivity index (χ3n) is 2.70. The molecule has 19 heavy (non-hydrogen) atoms. The summed E-state index contributed by atoms with van der Waals surface area (Å²) in [4.78, 5) is 0. The van der Waals surface area contributed by atoms with Crippen LogP contribution in [0.1, 0.15) is 5.56 Å². The van der Waals surface area contributed by atoms with Crippen molar-refractivity contribution < 1.29 is 14.9 Å². The van der Waals surface area contributed by atoms with Crippen molar-refractivity contribution in [3.8, 4) is 17.2 Å². The van der Waals surface area contributed by atoms with Gasteiger partial charge in [-0.1, -0.05) is 11.6 Å². The van der Waals surface area contributed by atoms with Gasteiger partial charge in [0.25, 0.3) is 0 Å². The maximum absolute atomic E-state index is 9.66. The van der Waals surface area contributed by atoms with E-state index in [1.54, 1.807) is 25.3 Å². The third-order valence-corrected chi connectivity index (χ3v) is 3.00. The number of anilines is 1.